The first-order valence-electron chi connectivity index (χ1n) is 8.10. The van der Waals surface area contributed by atoms with Crippen molar-refractivity contribution < 1.29 is 14.3 Å². The van der Waals surface area contributed by atoms with Crippen LogP contribution < -0.4 is 4.90 Å². The molecule has 1 aliphatic rings. The molecule has 0 aliphatic heterocycles. The fraction of sp³-hybridized carbons (Fsp3) is 0.688. The molecule has 1 heterocycles. The molecule has 0 bridgehead atoms. The summed E-state index contributed by atoms with van der Waals surface area (Å²) in [5.41, 5.74) is 0.321. The molecule has 22 heavy (non-hydrogen) atoms. The van der Waals surface area contributed by atoms with Crippen LogP contribution in [0.2, 0.25) is 0 Å². The van der Waals surface area contributed by atoms with Gasteiger partial charge in [-0.15, -0.1) is 0 Å². The summed E-state index contributed by atoms with van der Waals surface area (Å²) in [7, 11) is 0. The molecule has 1 N–H and O–H groups in total. The molecular weight excluding hydrogens is 282 g/mol. The molecular formula is C16H25N3O3. The summed E-state index contributed by atoms with van der Waals surface area (Å²) in [6, 6.07) is 0. The number of hydrogen-bond acceptors (Lipinski definition) is 4. The third kappa shape index (κ3) is 3.48. The van der Waals surface area contributed by atoms with E-state index in [1.165, 1.54) is 6.20 Å². The molecule has 1 amide bonds. The molecule has 0 radical (unpaired) electrons. The van der Waals surface area contributed by atoms with Crippen molar-refractivity contribution in [2.45, 2.75) is 46.5 Å². The number of amides is 1. The van der Waals surface area contributed by atoms with Crippen molar-refractivity contribution in [3.05, 3.63) is 11.8 Å². The predicted octanol–water partition coefficient (Wildman–Crippen LogP) is 2.77. The van der Waals surface area contributed by atoms with Crippen LogP contribution in [-0.4, -0.2) is 35.2 Å². The highest BCUT2D eigenvalue weighted by Gasteiger charge is 2.31. The Labute approximate surface area is 131 Å². The van der Waals surface area contributed by atoms with Gasteiger partial charge in [0.1, 0.15) is 11.4 Å². The number of hydrogen-bond donors (Lipinski definition) is 1. The molecule has 1 aromatic rings. The highest BCUT2D eigenvalue weighted by molar-refractivity contribution is 6.01. The van der Waals surface area contributed by atoms with E-state index < -0.39 is 5.97 Å². The molecule has 0 atom stereocenters. The Morgan fingerprint density at radius 1 is 1.32 bits per heavy atom. The number of ether oxygens (including phenoxy) is 1. The Morgan fingerprint density at radius 2 is 2.00 bits per heavy atom. The first-order chi connectivity index (χ1) is 10.6. The number of nitrogens with one attached hydrogen (secondary N) is 1. The second kappa shape index (κ2) is 7.42. The predicted molar refractivity (Wildman–Crippen MR) is 83.7 cm³/mol. The van der Waals surface area contributed by atoms with E-state index in [9.17, 15) is 9.59 Å². The van der Waals surface area contributed by atoms with E-state index in [0.717, 1.165) is 25.7 Å². The maximum Gasteiger partial charge on any atom is 0.343 e. The minimum Gasteiger partial charge on any atom is -0.462 e. The Kier molecular flexibility index (Phi) is 5.57. The quantitative estimate of drug-likeness (QED) is 0.849. The molecule has 0 unspecified atom stereocenters. The molecule has 1 fully saturated rings. The van der Waals surface area contributed by atoms with Gasteiger partial charge in [-0.1, -0.05) is 6.92 Å². The van der Waals surface area contributed by atoms with Crippen LogP contribution in [-0.2, 0) is 9.53 Å². The summed E-state index contributed by atoms with van der Waals surface area (Å²) in [5.74, 6) is 0.805. The van der Waals surface area contributed by atoms with Crippen molar-refractivity contribution in [2.75, 3.05) is 18.1 Å². The van der Waals surface area contributed by atoms with Gasteiger partial charge in [-0.2, -0.15) is 5.10 Å². The first-order valence-corrected chi connectivity index (χ1v) is 8.10. The zero-order chi connectivity index (χ0) is 16.1. The number of aromatic amines is 1. The van der Waals surface area contributed by atoms with Crippen molar-refractivity contribution in [3.63, 3.8) is 0 Å². The van der Waals surface area contributed by atoms with E-state index >= 15 is 0 Å². The van der Waals surface area contributed by atoms with Gasteiger partial charge < -0.3 is 4.74 Å². The fourth-order valence-electron chi connectivity index (χ4n) is 2.99. The van der Waals surface area contributed by atoms with Crippen LogP contribution in [0.25, 0.3) is 0 Å². The molecule has 2 rings (SSSR count). The van der Waals surface area contributed by atoms with Gasteiger partial charge in [0, 0.05) is 12.5 Å². The van der Waals surface area contributed by atoms with E-state index in [1.54, 1.807) is 11.8 Å². The molecule has 1 saturated carbocycles. The normalized spacial score (nSPS) is 21.4. The Bertz CT molecular complexity index is 518. The average Bonchev–Trinajstić information content (AvgIpc) is 2.98. The smallest absolute Gasteiger partial charge is 0.343 e. The maximum absolute atomic E-state index is 12.8. The second-order valence-electron chi connectivity index (χ2n) is 5.89. The summed E-state index contributed by atoms with van der Waals surface area (Å²) < 4.78 is 5.02. The van der Waals surface area contributed by atoms with E-state index in [1.807, 2.05) is 6.92 Å². The van der Waals surface area contributed by atoms with Crippen LogP contribution >= 0.6 is 0 Å². The summed E-state index contributed by atoms with van der Waals surface area (Å²) in [5, 5.41) is 6.69. The number of H-pyrrole nitrogens is 1. The van der Waals surface area contributed by atoms with Gasteiger partial charge in [0.2, 0.25) is 5.91 Å². The molecule has 6 heteroatoms. The van der Waals surface area contributed by atoms with E-state index in [-0.39, 0.29) is 11.8 Å². The van der Waals surface area contributed by atoms with Crippen LogP contribution in [0, 0.1) is 11.8 Å². The average molecular weight is 307 g/mol. The Balaban J connectivity index is 2.16. The van der Waals surface area contributed by atoms with E-state index in [4.69, 9.17) is 4.74 Å². The van der Waals surface area contributed by atoms with Gasteiger partial charge in [-0.05, 0) is 45.4 Å². The van der Waals surface area contributed by atoms with Crippen molar-refractivity contribution in [3.8, 4) is 0 Å². The zero-order valence-corrected chi connectivity index (χ0v) is 13.6. The first kappa shape index (κ1) is 16.5. The number of nitrogens with zero attached hydrogens (tertiary/aromatic N) is 2. The van der Waals surface area contributed by atoms with Gasteiger partial charge in [-0.25, -0.2) is 4.79 Å². The molecule has 122 valence electrons. The minimum absolute atomic E-state index is 0.0366. The molecule has 0 spiro atoms. The van der Waals surface area contributed by atoms with Crippen molar-refractivity contribution >= 4 is 17.7 Å². The van der Waals surface area contributed by atoms with Crippen LogP contribution in [0.4, 0.5) is 5.82 Å². The maximum atomic E-state index is 12.8. The van der Waals surface area contributed by atoms with Gasteiger partial charge in [0.05, 0.1) is 12.8 Å². The lowest BCUT2D eigenvalue weighted by Gasteiger charge is -2.30. The molecule has 0 aromatic carbocycles. The van der Waals surface area contributed by atoms with Gasteiger partial charge in [0.15, 0.2) is 0 Å². The third-order valence-corrected chi connectivity index (χ3v) is 4.33. The molecule has 0 saturated heterocycles. The van der Waals surface area contributed by atoms with Crippen LogP contribution in [0.5, 0.6) is 0 Å². The van der Waals surface area contributed by atoms with Crippen molar-refractivity contribution in [1.82, 2.24) is 10.2 Å². The number of anilines is 1. The lowest BCUT2D eigenvalue weighted by Crippen LogP contribution is -2.38. The highest BCUT2D eigenvalue weighted by atomic mass is 16.5. The number of rotatable bonds is 5. The SMILES string of the molecule is CCOC(=O)c1cn[nH]c1N(CC)C(=O)C1CCC(C)CC1. The number of carbonyl (C=O) groups is 2. The number of carbonyl (C=O) groups excluding carboxylic acids is 2. The van der Waals surface area contributed by atoms with Gasteiger partial charge >= 0.3 is 5.97 Å². The molecule has 1 aromatic heterocycles. The Hall–Kier alpha value is -1.85. The van der Waals surface area contributed by atoms with Crippen molar-refractivity contribution in [2.24, 2.45) is 11.8 Å². The van der Waals surface area contributed by atoms with Gasteiger partial charge in [0.25, 0.3) is 0 Å². The van der Waals surface area contributed by atoms with Crippen molar-refractivity contribution in [1.29, 1.82) is 0 Å². The monoisotopic (exact) mass is 307 g/mol. The summed E-state index contributed by atoms with van der Waals surface area (Å²) in [4.78, 5) is 26.4. The highest BCUT2D eigenvalue weighted by Crippen LogP contribution is 2.31. The lowest BCUT2D eigenvalue weighted by atomic mass is 9.82. The van der Waals surface area contributed by atoms with Gasteiger partial charge in [-0.3, -0.25) is 14.8 Å². The van der Waals surface area contributed by atoms with E-state index in [2.05, 4.69) is 17.1 Å². The lowest BCUT2D eigenvalue weighted by molar-refractivity contribution is -0.123. The number of esters is 1. The van der Waals surface area contributed by atoms with Crippen LogP contribution in [0.15, 0.2) is 6.20 Å². The minimum atomic E-state index is -0.449. The zero-order valence-electron chi connectivity index (χ0n) is 13.6. The summed E-state index contributed by atoms with van der Waals surface area (Å²) in [6.45, 7) is 6.68. The third-order valence-electron chi connectivity index (χ3n) is 4.33. The standard InChI is InChI=1S/C16H25N3O3/c1-4-19(15(20)12-8-6-11(3)7-9-12)14-13(10-17-18-14)16(21)22-5-2/h10-12H,4-9H2,1-3H3,(H,17,18). The second-order valence-corrected chi connectivity index (χ2v) is 5.89. The fourth-order valence-corrected chi connectivity index (χ4v) is 2.99. The summed E-state index contributed by atoms with van der Waals surface area (Å²) in [6.07, 6.45) is 5.42. The van der Waals surface area contributed by atoms with E-state index in [0.29, 0.717) is 30.5 Å². The largest absolute Gasteiger partial charge is 0.462 e. The van der Waals surface area contributed by atoms with Crippen LogP contribution in [0.1, 0.15) is 56.8 Å². The number of aromatic nitrogens is 2. The molecule has 6 nitrogen and oxygen atoms in total. The Morgan fingerprint density at radius 3 is 2.59 bits per heavy atom. The molecule has 1 aliphatic carbocycles. The van der Waals surface area contributed by atoms with Crippen LogP contribution in [0.3, 0.4) is 0 Å². The topological polar surface area (TPSA) is 75.3 Å². The summed E-state index contributed by atoms with van der Waals surface area (Å²) >= 11 is 0.